The predicted molar refractivity (Wildman–Crippen MR) is 99.7 cm³/mol. The van der Waals surface area contributed by atoms with Gasteiger partial charge in [-0.05, 0) is 42.3 Å². The van der Waals surface area contributed by atoms with E-state index in [-0.39, 0.29) is 5.78 Å². The lowest BCUT2D eigenvalue weighted by Crippen LogP contribution is -2.03. The largest absolute Gasteiger partial charge is 0.493 e. The molecule has 0 unspecified atom stereocenters. The van der Waals surface area contributed by atoms with E-state index in [2.05, 4.69) is 0 Å². The lowest BCUT2D eigenvalue weighted by molar-refractivity contribution is 0.103. The monoisotopic (exact) mass is 354 g/mol. The van der Waals surface area contributed by atoms with Gasteiger partial charge in [0.1, 0.15) is 5.75 Å². The third-order valence-corrected chi connectivity index (χ3v) is 4.39. The summed E-state index contributed by atoms with van der Waals surface area (Å²) >= 11 is 0. The van der Waals surface area contributed by atoms with Crippen LogP contribution in [0.25, 0.3) is 6.08 Å². The molecule has 1 heterocycles. The molecule has 136 valence electrons. The summed E-state index contributed by atoms with van der Waals surface area (Å²) in [5, 5.41) is 0. The second-order valence-corrected chi connectivity index (χ2v) is 6.01. The average molecular weight is 354 g/mol. The van der Waals surface area contributed by atoms with E-state index in [9.17, 15) is 4.79 Å². The zero-order chi connectivity index (χ0) is 18.7. The number of aryl methyl sites for hydroxylation is 1. The maximum atomic E-state index is 13.0. The third kappa shape index (κ3) is 3.25. The number of Topliss-reactive ketones (excluding diaryl/α,β-unsaturated/α-hetero) is 1. The van der Waals surface area contributed by atoms with E-state index in [1.807, 2.05) is 37.3 Å². The quantitative estimate of drug-likeness (QED) is 0.775. The fourth-order valence-electron chi connectivity index (χ4n) is 3.10. The summed E-state index contributed by atoms with van der Waals surface area (Å²) in [6, 6.07) is 9.27. The molecule has 2 aromatic carbocycles. The van der Waals surface area contributed by atoms with Crippen molar-refractivity contribution in [2.24, 2.45) is 0 Å². The number of benzene rings is 2. The standard InChI is InChI=1S/C21H22O5/c1-13-6-5-7-16-19(22)15(8-9-26-20(13)16)10-14-11-17(23-2)21(25-4)18(12-14)24-3/h5-7,10-12H,8-9H2,1-4H3/b15-10-. The third-order valence-electron chi connectivity index (χ3n) is 4.39. The molecule has 5 heteroatoms. The molecule has 1 aliphatic rings. The Morgan fingerprint density at radius 3 is 2.35 bits per heavy atom. The number of fused-ring (bicyclic) bond motifs is 1. The lowest BCUT2D eigenvalue weighted by atomic mass is 9.97. The highest BCUT2D eigenvalue weighted by Gasteiger charge is 2.22. The van der Waals surface area contributed by atoms with Crippen LogP contribution in [0, 0.1) is 6.92 Å². The lowest BCUT2D eigenvalue weighted by Gasteiger charge is -2.13. The Morgan fingerprint density at radius 2 is 1.73 bits per heavy atom. The minimum Gasteiger partial charge on any atom is -0.493 e. The Morgan fingerprint density at radius 1 is 1.04 bits per heavy atom. The van der Waals surface area contributed by atoms with Crippen LogP contribution in [0.15, 0.2) is 35.9 Å². The van der Waals surface area contributed by atoms with Crippen LogP contribution >= 0.6 is 0 Å². The predicted octanol–water partition coefficient (Wildman–Crippen LogP) is 4.07. The van der Waals surface area contributed by atoms with Gasteiger partial charge in [-0.2, -0.15) is 0 Å². The summed E-state index contributed by atoms with van der Waals surface area (Å²) in [5.74, 6) is 2.27. The van der Waals surface area contributed by atoms with Gasteiger partial charge in [0.05, 0.1) is 33.5 Å². The Balaban J connectivity index is 2.06. The zero-order valence-corrected chi connectivity index (χ0v) is 15.4. The van der Waals surface area contributed by atoms with Crippen molar-refractivity contribution in [3.8, 4) is 23.0 Å². The molecular weight excluding hydrogens is 332 g/mol. The summed E-state index contributed by atoms with van der Waals surface area (Å²) in [6.07, 6.45) is 2.39. The van der Waals surface area contributed by atoms with Crippen molar-refractivity contribution in [3.05, 3.63) is 52.6 Å². The summed E-state index contributed by atoms with van der Waals surface area (Å²) < 4.78 is 21.9. The van der Waals surface area contributed by atoms with Crippen molar-refractivity contribution >= 4 is 11.9 Å². The van der Waals surface area contributed by atoms with Crippen molar-refractivity contribution < 1.29 is 23.7 Å². The minimum absolute atomic E-state index is 0.0186. The van der Waals surface area contributed by atoms with E-state index in [0.717, 1.165) is 11.1 Å². The van der Waals surface area contributed by atoms with E-state index in [1.165, 1.54) is 0 Å². The van der Waals surface area contributed by atoms with Crippen molar-refractivity contribution in [1.29, 1.82) is 0 Å². The molecule has 26 heavy (non-hydrogen) atoms. The second kappa shape index (κ2) is 7.52. The molecule has 0 aromatic heterocycles. The summed E-state index contributed by atoms with van der Waals surface area (Å²) in [6.45, 7) is 2.40. The Bertz CT molecular complexity index is 842. The van der Waals surface area contributed by atoms with Crippen LogP contribution in [0.4, 0.5) is 0 Å². The molecule has 0 radical (unpaired) electrons. The molecule has 1 aliphatic heterocycles. The first-order valence-electron chi connectivity index (χ1n) is 8.36. The molecule has 3 rings (SSSR count). The fourth-order valence-corrected chi connectivity index (χ4v) is 3.10. The number of methoxy groups -OCH3 is 3. The van der Waals surface area contributed by atoms with Crippen LogP contribution in [-0.4, -0.2) is 33.7 Å². The zero-order valence-electron chi connectivity index (χ0n) is 15.4. The smallest absolute Gasteiger partial charge is 0.203 e. The molecule has 5 nitrogen and oxygen atoms in total. The number of carbonyl (C=O) groups excluding carboxylic acids is 1. The van der Waals surface area contributed by atoms with E-state index in [4.69, 9.17) is 18.9 Å². The summed E-state index contributed by atoms with van der Waals surface area (Å²) in [5.41, 5.74) is 3.05. The van der Waals surface area contributed by atoms with Gasteiger partial charge in [-0.25, -0.2) is 0 Å². The number of hydrogen-bond acceptors (Lipinski definition) is 5. The number of rotatable bonds is 4. The van der Waals surface area contributed by atoms with E-state index >= 15 is 0 Å². The first-order valence-corrected chi connectivity index (χ1v) is 8.36. The molecule has 0 amide bonds. The van der Waals surface area contributed by atoms with Crippen molar-refractivity contribution in [1.82, 2.24) is 0 Å². The highest BCUT2D eigenvalue weighted by molar-refractivity contribution is 6.13. The van der Waals surface area contributed by atoms with Gasteiger partial charge in [0.2, 0.25) is 5.75 Å². The Hall–Kier alpha value is -2.95. The number of ketones is 1. The number of para-hydroxylation sites is 1. The molecule has 0 spiro atoms. The first-order chi connectivity index (χ1) is 12.6. The number of ether oxygens (including phenoxy) is 4. The molecule has 0 bridgehead atoms. The molecule has 2 aromatic rings. The van der Waals surface area contributed by atoms with Gasteiger partial charge in [-0.3, -0.25) is 4.79 Å². The van der Waals surface area contributed by atoms with Crippen LogP contribution in [-0.2, 0) is 0 Å². The molecule has 0 saturated carbocycles. The van der Waals surface area contributed by atoms with Crippen LogP contribution < -0.4 is 18.9 Å². The van der Waals surface area contributed by atoms with Crippen LogP contribution in [0.1, 0.15) is 27.9 Å². The van der Waals surface area contributed by atoms with E-state index < -0.39 is 0 Å². The second-order valence-electron chi connectivity index (χ2n) is 6.01. The molecule has 0 aliphatic carbocycles. The first kappa shape index (κ1) is 17.9. The van der Waals surface area contributed by atoms with Gasteiger partial charge in [-0.15, -0.1) is 0 Å². The maximum Gasteiger partial charge on any atom is 0.203 e. The fraction of sp³-hybridized carbons (Fsp3) is 0.286. The molecule has 0 saturated heterocycles. The summed E-state index contributed by atoms with van der Waals surface area (Å²) in [4.78, 5) is 13.0. The minimum atomic E-state index is -0.0186. The van der Waals surface area contributed by atoms with E-state index in [1.54, 1.807) is 27.4 Å². The Labute approximate surface area is 153 Å². The number of hydrogen-bond donors (Lipinski definition) is 0. The molecule has 0 atom stereocenters. The maximum absolute atomic E-state index is 13.0. The number of carbonyl (C=O) groups is 1. The molecular formula is C21H22O5. The Kier molecular flexibility index (Phi) is 5.16. The topological polar surface area (TPSA) is 54.0 Å². The molecule has 0 fully saturated rings. The normalized spacial score (nSPS) is 15.1. The highest BCUT2D eigenvalue weighted by atomic mass is 16.5. The SMILES string of the molecule is COc1cc(/C=C2/CCOc3c(C)cccc3C2=O)cc(OC)c1OC. The van der Waals surface area contributed by atoms with Crippen LogP contribution in [0.5, 0.6) is 23.0 Å². The van der Waals surface area contributed by atoms with Gasteiger partial charge >= 0.3 is 0 Å². The van der Waals surface area contributed by atoms with Crippen molar-refractivity contribution in [2.45, 2.75) is 13.3 Å². The van der Waals surface area contributed by atoms with Gasteiger partial charge in [-0.1, -0.05) is 12.1 Å². The summed E-state index contributed by atoms with van der Waals surface area (Å²) in [7, 11) is 4.69. The average Bonchev–Trinajstić information content (AvgIpc) is 2.81. The van der Waals surface area contributed by atoms with Gasteiger partial charge < -0.3 is 18.9 Å². The van der Waals surface area contributed by atoms with Crippen molar-refractivity contribution in [3.63, 3.8) is 0 Å². The van der Waals surface area contributed by atoms with Crippen LogP contribution in [0.3, 0.4) is 0 Å². The van der Waals surface area contributed by atoms with Gasteiger partial charge in [0, 0.05) is 12.0 Å². The van der Waals surface area contributed by atoms with Crippen molar-refractivity contribution in [2.75, 3.05) is 27.9 Å². The highest BCUT2D eigenvalue weighted by Crippen LogP contribution is 2.39. The molecule has 0 N–H and O–H groups in total. The van der Waals surface area contributed by atoms with E-state index in [0.29, 0.717) is 47.2 Å². The van der Waals surface area contributed by atoms with Gasteiger partial charge in [0.25, 0.3) is 0 Å². The van der Waals surface area contributed by atoms with Crippen LogP contribution in [0.2, 0.25) is 0 Å². The van der Waals surface area contributed by atoms with Gasteiger partial charge in [0.15, 0.2) is 17.3 Å².